The second-order valence-corrected chi connectivity index (χ2v) is 6.43. The molecule has 0 radical (unpaired) electrons. The van der Waals surface area contributed by atoms with Gasteiger partial charge in [-0.3, -0.25) is 0 Å². The highest BCUT2D eigenvalue weighted by Gasteiger charge is 2.12. The average molecular weight is 325 g/mol. The number of para-hydroxylation sites is 1. The van der Waals surface area contributed by atoms with E-state index in [-0.39, 0.29) is 6.04 Å². The van der Waals surface area contributed by atoms with Crippen LogP contribution in [0.15, 0.2) is 58.3 Å². The lowest BCUT2D eigenvalue weighted by Crippen LogP contribution is -2.07. The maximum atomic E-state index is 12.6. The van der Waals surface area contributed by atoms with Gasteiger partial charge in [-0.2, -0.15) is 8.78 Å². The van der Waals surface area contributed by atoms with E-state index in [4.69, 9.17) is 0 Å². The number of hydrogen-bond donors (Lipinski definition) is 1. The molecule has 0 bridgehead atoms. The summed E-state index contributed by atoms with van der Waals surface area (Å²) in [6.45, 7) is 2.03. The quantitative estimate of drug-likeness (QED) is 0.664. The number of benzene rings is 2. The largest absolute Gasteiger partial charge is 0.378 e. The van der Waals surface area contributed by atoms with Gasteiger partial charge in [0.15, 0.2) is 0 Å². The van der Waals surface area contributed by atoms with Gasteiger partial charge in [-0.25, -0.2) is 0 Å². The summed E-state index contributed by atoms with van der Waals surface area (Å²) >= 11 is 2.26. The van der Waals surface area contributed by atoms with Gasteiger partial charge in [-0.15, -0.1) is 11.8 Å². The predicted octanol–water partition coefficient (Wildman–Crippen LogP) is 5.90. The molecule has 1 unspecified atom stereocenters. The van der Waals surface area contributed by atoms with Gasteiger partial charge in [-0.05, 0) is 43.0 Å². The van der Waals surface area contributed by atoms with Crippen molar-refractivity contribution in [3.8, 4) is 0 Å². The van der Waals surface area contributed by atoms with Gasteiger partial charge in [0.05, 0.1) is 0 Å². The van der Waals surface area contributed by atoms with Crippen LogP contribution in [0.4, 0.5) is 14.5 Å². The van der Waals surface area contributed by atoms with Crippen molar-refractivity contribution in [3.63, 3.8) is 0 Å². The molecule has 0 aliphatic rings. The Kier molecular flexibility index (Phi) is 5.94. The first kappa shape index (κ1) is 16.2. The molecule has 2 aromatic rings. The zero-order chi connectivity index (χ0) is 15.2. The summed E-state index contributed by atoms with van der Waals surface area (Å²) in [4.78, 5) is 1.78. The predicted molar refractivity (Wildman–Crippen MR) is 88.6 cm³/mol. The summed E-state index contributed by atoms with van der Waals surface area (Å²) in [7, 11) is 0. The Morgan fingerprint density at radius 3 is 2.29 bits per heavy atom. The third kappa shape index (κ3) is 4.64. The minimum Gasteiger partial charge on any atom is -0.378 e. The smallest absolute Gasteiger partial charge is 0.288 e. The minimum atomic E-state index is -2.41. The molecule has 0 aliphatic carbocycles. The first-order chi connectivity index (χ1) is 10.1. The molecule has 0 saturated heterocycles. The van der Waals surface area contributed by atoms with Gasteiger partial charge >= 0.3 is 0 Å². The number of halogens is 2. The van der Waals surface area contributed by atoms with Gasteiger partial charge in [0.25, 0.3) is 5.76 Å². The fraction of sp³-hybridized carbons (Fsp3) is 0.250. The molecule has 1 atom stereocenters. The SMILES string of the molecule is CSc1ccc(C(C)Nc2ccccc2SC(F)F)cc1. The highest BCUT2D eigenvalue weighted by molar-refractivity contribution is 7.99. The molecule has 2 rings (SSSR count). The van der Waals surface area contributed by atoms with Gasteiger partial charge < -0.3 is 5.32 Å². The first-order valence-electron chi connectivity index (χ1n) is 6.54. The summed E-state index contributed by atoms with van der Waals surface area (Å²) in [6.07, 6.45) is 2.04. The van der Waals surface area contributed by atoms with Crippen molar-refractivity contribution in [2.24, 2.45) is 0 Å². The molecule has 0 aromatic heterocycles. The van der Waals surface area contributed by atoms with E-state index in [2.05, 4.69) is 29.6 Å². The molecule has 5 heteroatoms. The van der Waals surface area contributed by atoms with Crippen LogP contribution in [0, 0.1) is 0 Å². The van der Waals surface area contributed by atoms with E-state index in [1.165, 1.54) is 4.90 Å². The van der Waals surface area contributed by atoms with Crippen molar-refractivity contribution < 1.29 is 8.78 Å². The molecule has 0 heterocycles. The monoisotopic (exact) mass is 325 g/mol. The Labute approximate surface area is 132 Å². The summed E-state index contributed by atoms with van der Waals surface area (Å²) in [5.41, 5.74) is 1.87. The molecule has 0 saturated carbocycles. The molecule has 21 heavy (non-hydrogen) atoms. The maximum Gasteiger partial charge on any atom is 0.288 e. The third-order valence-corrected chi connectivity index (χ3v) is 4.62. The molecule has 112 valence electrons. The standard InChI is InChI=1S/C16H17F2NS2/c1-11(12-7-9-13(20-2)10-8-12)19-14-5-3-4-6-15(14)21-16(17)18/h3-11,16,19H,1-2H3. The van der Waals surface area contributed by atoms with Crippen LogP contribution < -0.4 is 5.32 Å². The summed E-state index contributed by atoms with van der Waals surface area (Å²) in [5, 5.41) is 3.31. The normalized spacial score (nSPS) is 12.4. The molecule has 2 aromatic carbocycles. The van der Waals surface area contributed by atoms with Crippen LogP contribution in [0.3, 0.4) is 0 Å². The van der Waals surface area contributed by atoms with E-state index >= 15 is 0 Å². The summed E-state index contributed by atoms with van der Waals surface area (Å²) < 4.78 is 25.2. The number of nitrogens with one attached hydrogen (secondary N) is 1. The average Bonchev–Trinajstić information content (AvgIpc) is 2.49. The Bertz CT molecular complexity index is 573. The second kappa shape index (κ2) is 7.71. The molecule has 0 spiro atoms. The van der Waals surface area contributed by atoms with Crippen molar-refractivity contribution in [3.05, 3.63) is 54.1 Å². The van der Waals surface area contributed by atoms with Crippen molar-refractivity contribution in [2.75, 3.05) is 11.6 Å². The fourth-order valence-electron chi connectivity index (χ4n) is 1.99. The van der Waals surface area contributed by atoms with Crippen LogP contribution in [0.5, 0.6) is 0 Å². The lowest BCUT2D eigenvalue weighted by Gasteiger charge is -2.18. The van der Waals surface area contributed by atoms with Crippen LogP contribution in [-0.2, 0) is 0 Å². The van der Waals surface area contributed by atoms with Crippen LogP contribution in [0.25, 0.3) is 0 Å². The number of rotatable bonds is 6. The number of anilines is 1. The van der Waals surface area contributed by atoms with Gasteiger partial charge in [0.2, 0.25) is 0 Å². The number of hydrogen-bond acceptors (Lipinski definition) is 3. The third-order valence-electron chi connectivity index (χ3n) is 3.09. The zero-order valence-electron chi connectivity index (χ0n) is 11.8. The van der Waals surface area contributed by atoms with Crippen molar-refractivity contribution >= 4 is 29.2 Å². The van der Waals surface area contributed by atoms with Crippen LogP contribution in [0.2, 0.25) is 0 Å². The number of thioether (sulfide) groups is 2. The van der Waals surface area contributed by atoms with Crippen LogP contribution in [-0.4, -0.2) is 12.0 Å². The lowest BCUT2D eigenvalue weighted by molar-refractivity contribution is 0.252. The van der Waals surface area contributed by atoms with Crippen LogP contribution in [0.1, 0.15) is 18.5 Å². The van der Waals surface area contributed by atoms with E-state index in [1.807, 2.05) is 25.3 Å². The van der Waals surface area contributed by atoms with Gasteiger partial charge in [0.1, 0.15) is 0 Å². The molecule has 1 N–H and O–H groups in total. The van der Waals surface area contributed by atoms with Crippen molar-refractivity contribution in [1.29, 1.82) is 0 Å². The summed E-state index contributed by atoms with van der Waals surface area (Å²) in [5.74, 6) is -2.41. The minimum absolute atomic E-state index is 0.0559. The second-order valence-electron chi connectivity index (χ2n) is 4.51. The molecule has 0 aliphatic heterocycles. The highest BCUT2D eigenvalue weighted by Crippen LogP contribution is 2.33. The molecular formula is C16H17F2NS2. The van der Waals surface area contributed by atoms with E-state index in [9.17, 15) is 8.78 Å². The highest BCUT2D eigenvalue weighted by atomic mass is 32.2. The van der Waals surface area contributed by atoms with Crippen LogP contribution >= 0.6 is 23.5 Å². The van der Waals surface area contributed by atoms with E-state index < -0.39 is 5.76 Å². The van der Waals surface area contributed by atoms with Crippen molar-refractivity contribution in [1.82, 2.24) is 0 Å². The Hall–Kier alpha value is -1.20. The zero-order valence-corrected chi connectivity index (χ0v) is 13.5. The van der Waals surface area contributed by atoms with E-state index in [0.717, 1.165) is 11.3 Å². The first-order valence-corrected chi connectivity index (χ1v) is 8.65. The molecular weight excluding hydrogens is 308 g/mol. The number of alkyl halides is 2. The van der Waals surface area contributed by atoms with Crippen molar-refractivity contribution in [2.45, 2.75) is 28.5 Å². The Morgan fingerprint density at radius 2 is 1.67 bits per heavy atom. The Balaban J connectivity index is 2.13. The fourth-order valence-corrected chi connectivity index (χ4v) is 3.01. The Morgan fingerprint density at radius 1 is 1.00 bits per heavy atom. The van der Waals surface area contributed by atoms with Gasteiger partial charge in [-0.1, -0.05) is 36.0 Å². The molecule has 1 nitrogen and oxygen atoms in total. The maximum absolute atomic E-state index is 12.6. The molecule has 0 fully saturated rings. The van der Waals surface area contributed by atoms with Gasteiger partial charge in [0, 0.05) is 21.5 Å². The van der Waals surface area contributed by atoms with E-state index in [0.29, 0.717) is 16.7 Å². The molecule has 0 amide bonds. The lowest BCUT2D eigenvalue weighted by atomic mass is 10.1. The topological polar surface area (TPSA) is 12.0 Å². The summed E-state index contributed by atoms with van der Waals surface area (Å²) in [6, 6.07) is 15.5. The van der Waals surface area contributed by atoms with E-state index in [1.54, 1.807) is 23.9 Å².